The second-order valence-corrected chi connectivity index (χ2v) is 7.93. The van der Waals surface area contributed by atoms with Crippen LogP contribution < -0.4 is 5.32 Å². The number of thiophene rings is 1. The first-order chi connectivity index (χ1) is 8.15. The Morgan fingerprint density at radius 3 is 2.82 bits per heavy atom. The summed E-state index contributed by atoms with van der Waals surface area (Å²) in [6.07, 6.45) is 6.67. The van der Waals surface area contributed by atoms with Gasteiger partial charge in [-0.1, -0.05) is 6.92 Å². The van der Waals surface area contributed by atoms with Gasteiger partial charge in [0.1, 0.15) is 0 Å². The first-order valence-electron chi connectivity index (χ1n) is 6.63. The van der Waals surface area contributed by atoms with Crippen molar-refractivity contribution in [2.45, 2.75) is 52.0 Å². The summed E-state index contributed by atoms with van der Waals surface area (Å²) in [5.41, 5.74) is 1.53. The first-order valence-corrected chi connectivity index (χ1v) is 8.24. The minimum atomic E-state index is 0.833. The lowest BCUT2D eigenvalue weighted by molar-refractivity contribution is 0.469. The van der Waals surface area contributed by atoms with Crippen molar-refractivity contribution in [1.29, 1.82) is 0 Å². The minimum absolute atomic E-state index is 0.833. The highest BCUT2D eigenvalue weighted by Crippen LogP contribution is 2.28. The van der Waals surface area contributed by atoms with Crippen molar-refractivity contribution in [2.24, 2.45) is 5.92 Å². The number of nitrogens with one attached hydrogen (secondary N) is 1. The lowest BCUT2D eigenvalue weighted by Crippen LogP contribution is -2.19. The van der Waals surface area contributed by atoms with E-state index in [1.54, 1.807) is 0 Å². The molecule has 0 bridgehead atoms. The van der Waals surface area contributed by atoms with Crippen molar-refractivity contribution in [3.63, 3.8) is 0 Å². The lowest BCUT2D eigenvalue weighted by atomic mass is 9.99. The van der Waals surface area contributed by atoms with E-state index < -0.39 is 0 Å². The predicted octanol–water partition coefficient (Wildman–Crippen LogP) is 4.53. The predicted molar refractivity (Wildman–Crippen MR) is 79.9 cm³/mol. The maximum absolute atomic E-state index is 3.60. The normalized spacial score (nSPS) is 17.4. The molecule has 1 unspecified atom stereocenters. The van der Waals surface area contributed by atoms with Gasteiger partial charge in [0.15, 0.2) is 0 Å². The van der Waals surface area contributed by atoms with Crippen LogP contribution in [0.4, 0.5) is 0 Å². The van der Waals surface area contributed by atoms with Crippen LogP contribution in [0.1, 0.15) is 43.0 Å². The average molecular weight is 316 g/mol. The number of rotatable bonds is 7. The van der Waals surface area contributed by atoms with Gasteiger partial charge >= 0.3 is 0 Å². The Morgan fingerprint density at radius 2 is 2.24 bits per heavy atom. The van der Waals surface area contributed by atoms with Crippen LogP contribution in [-0.2, 0) is 6.42 Å². The average Bonchev–Trinajstić information content (AvgIpc) is 3.02. The van der Waals surface area contributed by atoms with Crippen LogP contribution in [0.25, 0.3) is 0 Å². The summed E-state index contributed by atoms with van der Waals surface area (Å²) in [4.78, 5) is 1.47. The molecule has 1 fully saturated rings. The molecule has 1 heterocycles. The molecule has 1 nitrogen and oxygen atoms in total. The largest absolute Gasteiger partial charge is 0.314 e. The molecule has 0 saturated heterocycles. The summed E-state index contributed by atoms with van der Waals surface area (Å²) < 4.78 is 1.27. The molecule has 0 aliphatic heterocycles. The van der Waals surface area contributed by atoms with Gasteiger partial charge in [0.05, 0.1) is 3.79 Å². The molecule has 96 valence electrons. The van der Waals surface area contributed by atoms with Gasteiger partial charge in [-0.05, 0) is 79.1 Å². The summed E-state index contributed by atoms with van der Waals surface area (Å²) in [6.45, 7) is 5.81. The third-order valence-corrected chi connectivity index (χ3v) is 5.14. The number of halogens is 1. The summed E-state index contributed by atoms with van der Waals surface area (Å²) >= 11 is 5.42. The van der Waals surface area contributed by atoms with E-state index in [-0.39, 0.29) is 0 Å². The SMILES string of the molecule is Cc1sc(Br)cc1CCC(C)CCNC1CC1. The zero-order valence-electron chi connectivity index (χ0n) is 10.8. The van der Waals surface area contributed by atoms with Crippen molar-refractivity contribution < 1.29 is 0 Å². The standard InChI is InChI=1S/C14H22BrNS/c1-10(7-8-16-13-5-6-13)3-4-12-9-14(15)17-11(12)2/h9-10,13,16H,3-8H2,1-2H3. The maximum atomic E-state index is 3.60. The van der Waals surface area contributed by atoms with Gasteiger partial charge in [-0.25, -0.2) is 0 Å². The number of aryl methyl sites for hydroxylation is 2. The van der Waals surface area contributed by atoms with E-state index in [9.17, 15) is 0 Å². The number of hydrogen-bond acceptors (Lipinski definition) is 2. The Hall–Kier alpha value is 0.140. The molecule has 0 spiro atoms. The fraction of sp³-hybridized carbons (Fsp3) is 0.714. The highest BCUT2D eigenvalue weighted by molar-refractivity contribution is 9.11. The summed E-state index contributed by atoms with van der Waals surface area (Å²) in [5, 5.41) is 3.60. The third-order valence-electron chi connectivity index (χ3n) is 3.54. The van der Waals surface area contributed by atoms with Crippen molar-refractivity contribution >= 4 is 27.3 Å². The van der Waals surface area contributed by atoms with Gasteiger partial charge in [0.2, 0.25) is 0 Å². The Balaban J connectivity index is 1.64. The van der Waals surface area contributed by atoms with Crippen molar-refractivity contribution in [2.75, 3.05) is 6.54 Å². The fourth-order valence-electron chi connectivity index (χ4n) is 2.10. The fourth-order valence-corrected chi connectivity index (χ4v) is 3.89. The van der Waals surface area contributed by atoms with E-state index >= 15 is 0 Å². The van der Waals surface area contributed by atoms with Crippen molar-refractivity contribution in [3.05, 3.63) is 20.3 Å². The van der Waals surface area contributed by atoms with E-state index in [0.29, 0.717) is 0 Å². The van der Waals surface area contributed by atoms with E-state index in [2.05, 4.69) is 41.2 Å². The Labute approximate surface area is 117 Å². The summed E-state index contributed by atoms with van der Waals surface area (Å²) in [7, 11) is 0. The molecule has 2 rings (SSSR count). The number of hydrogen-bond donors (Lipinski definition) is 1. The topological polar surface area (TPSA) is 12.0 Å². The van der Waals surface area contributed by atoms with Crippen LogP contribution >= 0.6 is 27.3 Å². The third kappa shape index (κ3) is 4.72. The summed E-state index contributed by atoms with van der Waals surface area (Å²) in [6, 6.07) is 3.15. The second-order valence-electron chi connectivity index (χ2n) is 5.29. The zero-order chi connectivity index (χ0) is 12.3. The van der Waals surface area contributed by atoms with Gasteiger partial charge in [-0.2, -0.15) is 0 Å². The second kappa shape index (κ2) is 6.35. The van der Waals surface area contributed by atoms with Crippen LogP contribution in [0, 0.1) is 12.8 Å². The Morgan fingerprint density at radius 1 is 1.47 bits per heavy atom. The van der Waals surface area contributed by atoms with Gasteiger partial charge in [0.25, 0.3) is 0 Å². The molecule has 1 atom stereocenters. The van der Waals surface area contributed by atoms with Crippen LogP contribution in [0.2, 0.25) is 0 Å². The van der Waals surface area contributed by atoms with Crippen LogP contribution in [0.15, 0.2) is 9.85 Å². The van der Waals surface area contributed by atoms with Crippen molar-refractivity contribution in [1.82, 2.24) is 5.32 Å². The molecule has 1 N–H and O–H groups in total. The van der Waals surface area contributed by atoms with Gasteiger partial charge in [-0.3, -0.25) is 0 Å². The van der Waals surface area contributed by atoms with Crippen LogP contribution in [0.5, 0.6) is 0 Å². The quantitative estimate of drug-likeness (QED) is 0.779. The summed E-state index contributed by atoms with van der Waals surface area (Å²) in [5.74, 6) is 0.833. The van der Waals surface area contributed by atoms with Crippen molar-refractivity contribution in [3.8, 4) is 0 Å². The van der Waals surface area contributed by atoms with E-state index in [4.69, 9.17) is 0 Å². The highest BCUT2D eigenvalue weighted by atomic mass is 79.9. The molecule has 17 heavy (non-hydrogen) atoms. The van der Waals surface area contributed by atoms with Gasteiger partial charge < -0.3 is 5.32 Å². The van der Waals surface area contributed by atoms with E-state index in [1.165, 1.54) is 52.9 Å². The molecule has 1 aliphatic carbocycles. The molecule has 1 aliphatic rings. The zero-order valence-corrected chi connectivity index (χ0v) is 13.2. The van der Waals surface area contributed by atoms with Gasteiger partial charge in [0, 0.05) is 10.9 Å². The molecule has 0 amide bonds. The monoisotopic (exact) mass is 315 g/mol. The molecule has 0 radical (unpaired) electrons. The minimum Gasteiger partial charge on any atom is -0.314 e. The van der Waals surface area contributed by atoms with E-state index in [1.807, 2.05) is 11.3 Å². The molecular formula is C14H22BrNS. The smallest absolute Gasteiger partial charge is 0.0704 e. The highest BCUT2D eigenvalue weighted by Gasteiger charge is 2.19. The molecule has 1 aromatic heterocycles. The Kier molecular flexibility index (Phi) is 5.07. The van der Waals surface area contributed by atoms with Crippen LogP contribution in [-0.4, -0.2) is 12.6 Å². The molecule has 1 saturated carbocycles. The van der Waals surface area contributed by atoms with Crippen LogP contribution in [0.3, 0.4) is 0 Å². The lowest BCUT2D eigenvalue weighted by Gasteiger charge is -2.11. The van der Waals surface area contributed by atoms with E-state index in [0.717, 1.165) is 12.0 Å². The molecule has 1 aromatic rings. The Bertz CT molecular complexity index is 357. The molecular weight excluding hydrogens is 294 g/mol. The van der Waals surface area contributed by atoms with Gasteiger partial charge in [-0.15, -0.1) is 11.3 Å². The molecule has 0 aromatic carbocycles. The molecule has 3 heteroatoms. The first kappa shape index (κ1) is 13.6. The maximum Gasteiger partial charge on any atom is 0.0704 e.